The summed E-state index contributed by atoms with van der Waals surface area (Å²) in [6.07, 6.45) is 0. The van der Waals surface area contributed by atoms with Crippen LogP contribution in [0.1, 0.15) is 18.5 Å². The fourth-order valence-electron chi connectivity index (χ4n) is 1.77. The van der Waals surface area contributed by atoms with Gasteiger partial charge in [-0.2, -0.15) is 0 Å². The summed E-state index contributed by atoms with van der Waals surface area (Å²) in [5.41, 5.74) is 9.61. The van der Waals surface area contributed by atoms with E-state index in [1.54, 1.807) is 0 Å². The maximum atomic E-state index is 5.95. The minimum Gasteiger partial charge on any atom is -0.324 e. The molecule has 0 aromatic heterocycles. The third kappa shape index (κ3) is 2.08. The van der Waals surface area contributed by atoms with Crippen LogP contribution in [-0.4, -0.2) is 0 Å². The third-order valence-electron chi connectivity index (χ3n) is 2.54. The van der Waals surface area contributed by atoms with Gasteiger partial charge in [-0.05, 0) is 23.6 Å². The van der Waals surface area contributed by atoms with Crippen molar-refractivity contribution in [2.75, 3.05) is 0 Å². The smallest absolute Gasteiger partial charge is 0.0272 e. The Morgan fingerprint density at radius 3 is 2.13 bits per heavy atom. The third-order valence-corrected chi connectivity index (χ3v) is 2.54. The number of hydrogen-bond acceptors (Lipinski definition) is 1. The number of nitrogens with two attached hydrogens (primary N) is 1. The van der Waals surface area contributed by atoms with Crippen LogP contribution in [-0.2, 0) is 0 Å². The molecule has 1 nitrogen and oxygen atoms in total. The van der Waals surface area contributed by atoms with Crippen molar-refractivity contribution in [2.24, 2.45) is 5.73 Å². The summed E-state index contributed by atoms with van der Waals surface area (Å²) >= 11 is 0. The molecule has 0 saturated heterocycles. The van der Waals surface area contributed by atoms with Gasteiger partial charge in [0.1, 0.15) is 0 Å². The van der Waals surface area contributed by atoms with E-state index in [2.05, 4.69) is 24.3 Å². The molecule has 0 radical (unpaired) electrons. The molecule has 0 spiro atoms. The average Bonchev–Trinajstić information content (AvgIpc) is 2.30. The second-order valence-electron chi connectivity index (χ2n) is 3.74. The Morgan fingerprint density at radius 2 is 1.47 bits per heavy atom. The van der Waals surface area contributed by atoms with Gasteiger partial charge >= 0.3 is 0 Å². The van der Waals surface area contributed by atoms with Crippen LogP contribution in [0.2, 0.25) is 0 Å². The van der Waals surface area contributed by atoms with Crippen molar-refractivity contribution in [2.45, 2.75) is 13.0 Å². The molecule has 0 aliphatic carbocycles. The van der Waals surface area contributed by atoms with Crippen LogP contribution in [0.25, 0.3) is 11.1 Å². The monoisotopic (exact) mass is 197 g/mol. The van der Waals surface area contributed by atoms with E-state index >= 15 is 0 Å². The Bertz CT molecular complexity index is 432. The number of benzene rings is 2. The van der Waals surface area contributed by atoms with Gasteiger partial charge in [0.2, 0.25) is 0 Å². The predicted octanol–water partition coefficient (Wildman–Crippen LogP) is 3.37. The van der Waals surface area contributed by atoms with Crippen molar-refractivity contribution in [3.05, 3.63) is 60.2 Å². The van der Waals surface area contributed by atoms with E-state index in [0.717, 1.165) is 0 Å². The molecule has 0 saturated carbocycles. The van der Waals surface area contributed by atoms with Crippen LogP contribution in [0, 0.1) is 0 Å². The standard InChI is InChI=1S/C14H15N/c1-11(15)13-9-5-6-10-14(13)12-7-3-2-4-8-12/h2-11H,15H2,1H3/t11-/m1/s1. The Hall–Kier alpha value is -1.60. The molecule has 2 rings (SSSR count). The van der Waals surface area contributed by atoms with Crippen LogP contribution < -0.4 is 5.73 Å². The lowest BCUT2D eigenvalue weighted by Crippen LogP contribution is -2.06. The van der Waals surface area contributed by atoms with Gasteiger partial charge < -0.3 is 5.73 Å². The minimum atomic E-state index is 0.0707. The van der Waals surface area contributed by atoms with Gasteiger partial charge in [-0.1, -0.05) is 54.6 Å². The lowest BCUT2D eigenvalue weighted by Gasteiger charge is -2.12. The van der Waals surface area contributed by atoms with Crippen molar-refractivity contribution in [1.82, 2.24) is 0 Å². The van der Waals surface area contributed by atoms with Gasteiger partial charge in [-0.3, -0.25) is 0 Å². The zero-order chi connectivity index (χ0) is 10.7. The van der Waals surface area contributed by atoms with Gasteiger partial charge in [0, 0.05) is 6.04 Å². The zero-order valence-electron chi connectivity index (χ0n) is 8.85. The summed E-state index contributed by atoms with van der Waals surface area (Å²) in [7, 11) is 0. The highest BCUT2D eigenvalue weighted by atomic mass is 14.6. The topological polar surface area (TPSA) is 26.0 Å². The Balaban J connectivity index is 2.53. The summed E-state index contributed by atoms with van der Waals surface area (Å²) in [5, 5.41) is 0. The number of rotatable bonds is 2. The largest absolute Gasteiger partial charge is 0.324 e. The van der Waals surface area contributed by atoms with Gasteiger partial charge in [0.15, 0.2) is 0 Å². The molecule has 0 amide bonds. The summed E-state index contributed by atoms with van der Waals surface area (Å²) in [6, 6.07) is 18.7. The van der Waals surface area contributed by atoms with E-state index < -0.39 is 0 Å². The van der Waals surface area contributed by atoms with Crippen LogP contribution in [0.5, 0.6) is 0 Å². The van der Waals surface area contributed by atoms with E-state index in [-0.39, 0.29) is 6.04 Å². The first kappa shape index (κ1) is 9.94. The van der Waals surface area contributed by atoms with Crippen LogP contribution in [0.4, 0.5) is 0 Å². The van der Waals surface area contributed by atoms with Crippen molar-refractivity contribution >= 4 is 0 Å². The summed E-state index contributed by atoms with van der Waals surface area (Å²) in [6.45, 7) is 2.02. The molecule has 2 aromatic carbocycles. The zero-order valence-corrected chi connectivity index (χ0v) is 8.85. The molecule has 1 atom stereocenters. The summed E-state index contributed by atoms with van der Waals surface area (Å²) in [5.74, 6) is 0. The van der Waals surface area contributed by atoms with Crippen LogP contribution in [0.3, 0.4) is 0 Å². The van der Waals surface area contributed by atoms with Gasteiger partial charge in [0.05, 0.1) is 0 Å². The first-order valence-electron chi connectivity index (χ1n) is 5.19. The summed E-state index contributed by atoms with van der Waals surface area (Å²) < 4.78 is 0. The highest BCUT2D eigenvalue weighted by Crippen LogP contribution is 2.26. The number of hydrogen-bond donors (Lipinski definition) is 1. The molecule has 2 N–H and O–H groups in total. The molecule has 2 aromatic rings. The highest BCUT2D eigenvalue weighted by Gasteiger charge is 2.06. The molecule has 1 heteroatoms. The molecule has 0 aliphatic heterocycles. The van der Waals surface area contributed by atoms with Gasteiger partial charge in [0.25, 0.3) is 0 Å². The molecule has 76 valence electrons. The first-order chi connectivity index (χ1) is 7.29. The van der Waals surface area contributed by atoms with Crippen molar-refractivity contribution in [3.8, 4) is 11.1 Å². The Morgan fingerprint density at radius 1 is 0.867 bits per heavy atom. The molecule has 0 fully saturated rings. The lowest BCUT2D eigenvalue weighted by molar-refractivity contribution is 0.820. The normalized spacial score (nSPS) is 12.4. The van der Waals surface area contributed by atoms with E-state index in [1.165, 1.54) is 16.7 Å². The Kier molecular flexibility index (Phi) is 2.84. The second kappa shape index (κ2) is 4.28. The van der Waals surface area contributed by atoms with Crippen LogP contribution >= 0.6 is 0 Å². The average molecular weight is 197 g/mol. The van der Waals surface area contributed by atoms with Crippen molar-refractivity contribution in [1.29, 1.82) is 0 Å². The maximum absolute atomic E-state index is 5.95. The molecular formula is C14H15N. The lowest BCUT2D eigenvalue weighted by atomic mass is 9.96. The fraction of sp³-hybridized carbons (Fsp3) is 0.143. The quantitative estimate of drug-likeness (QED) is 0.784. The molecule has 0 heterocycles. The van der Waals surface area contributed by atoms with Crippen molar-refractivity contribution in [3.63, 3.8) is 0 Å². The van der Waals surface area contributed by atoms with Gasteiger partial charge in [-0.15, -0.1) is 0 Å². The second-order valence-corrected chi connectivity index (χ2v) is 3.74. The highest BCUT2D eigenvalue weighted by molar-refractivity contribution is 5.67. The van der Waals surface area contributed by atoms with E-state index in [9.17, 15) is 0 Å². The van der Waals surface area contributed by atoms with Crippen LogP contribution in [0.15, 0.2) is 54.6 Å². The Labute approximate surface area is 90.6 Å². The fourth-order valence-corrected chi connectivity index (χ4v) is 1.77. The van der Waals surface area contributed by atoms with Crippen molar-refractivity contribution < 1.29 is 0 Å². The van der Waals surface area contributed by atoms with E-state index in [4.69, 9.17) is 5.73 Å². The van der Waals surface area contributed by atoms with E-state index in [0.29, 0.717) is 0 Å². The molecule has 15 heavy (non-hydrogen) atoms. The predicted molar refractivity (Wildman–Crippen MR) is 64.5 cm³/mol. The SMILES string of the molecule is C[C@@H](N)c1ccccc1-c1ccccc1. The minimum absolute atomic E-state index is 0.0707. The molecular weight excluding hydrogens is 182 g/mol. The molecule has 0 aliphatic rings. The molecule has 0 unspecified atom stereocenters. The summed E-state index contributed by atoms with van der Waals surface area (Å²) in [4.78, 5) is 0. The maximum Gasteiger partial charge on any atom is 0.0272 e. The van der Waals surface area contributed by atoms with E-state index in [1.807, 2.05) is 37.3 Å². The first-order valence-corrected chi connectivity index (χ1v) is 5.19. The van der Waals surface area contributed by atoms with Gasteiger partial charge in [-0.25, -0.2) is 0 Å². The molecule has 0 bridgehead atoms.